The number of rotatable bonds is 2. The standard InChI is InChI=1S/C13H14N4O2/c1-9-4-3-5-14-12(9)16(2)13(18)10-8-11-17(15-10)6-7-19-11/h3-5,8H,6-7H2,1-2H3. The number of carbonyl (C=O) groups excluding carboxylic acids is 1. The van der Waals surface area contributed by atoms with Gasteiger partial charge in [-0.3, -0.25) is 9.69 Å². The Morgan fingerprint density at radius 3 is 3.11 bits per heavy atom. The van der Waals surface area contributed by atoms with E-state index in [1.165, 1.54) is 4.90 Å². The zero-order valence-corrected chi connectivity index (χ0v) is 10.8. The molecule has 3 heterocycles. The molecule has 19 heavy (non-hydrogen) atoms. The van der Waals surface area contributed by atoms with Gasteiger partial charge in [-0.1, -0.05) is 6.07 Å². The summed E-state index contributed by atoms with van der Waals surface area (Å²) in [6, 6.07) is 5.43. The molecular formula is C13H14N4O2. The summed E-state index contributed by atoms with van der Waals surface area (Å²) in [6.45, 7) is 3.23. The fourth-order valence-electron chi connectivity index (χ4n) is 2.11. The minimum absolute atomic E-state index is 0.188. The highest BCUT2D eigenvalue weighted by Gasteiger charge is 2.23. The van der Waals surface area contributed by atoms with Gasteiger partial charge in [0, 0.05) is 19.3 Å². The van der Waals surface area contributed by atoms with E-state index in [-0.39, 0.29) is 5.91 Å². The Hall–Kier alpha value is -2.37. The number of amides is 1. The van der Waals surface area contributed by atoms with E-state index in [4.69, 9.17) is 4.74 Å². The van der Waals surface area contributed by atoms with Gasteiger partial charge in [-0.15, -0.1) is 0 Å². The first-order chi connectivity index (χ1) is 9.16. The molecule has 1 amide bonds. The SMILES string of the molecule is Cc1cccnc1N(C)C(=O)c1cc2n(n1)CCO2. The van der Waals surface area contributed by atoms with Crippen LogP contribution in [0, 0.1) is 6.92 Å². The zero-order valence-electron chi connectivity index (χ0n) is 10.8. The van der Waals surface area contributed by atoms with Crippen molar-refractivity contribution in [2.45, 2.75) is 13.5 Å². The summed E-state index contributed by atoms with van der Waals surface area (Å²) in [5, 5.41) is 4.24. The summed E-state index contributed by atoms with van der Waals surface area (Å²) >= 11 is 0. The van der Waals surface area contributed by atoms with Gasteiger partial charge < -0.3 is 4.74 Å². The Bertz CT molecular complexity index is 614. The van der Waals surface area contributed by atoms with Gasteiger partial charge in [-0.05, 0) is 18.6 Å². The van der Waals surface area contributed by atoms with Crippen molar-refractivity contribution in [3.8, 4) is 5.88 Å². The first-order valence-electron chi connectivity index (χ1n) is 6.07. The number of pyridine rings is 1. The van der Waals surface area contributed by atoms with E-state index in [0.29, 0.717) is 30.5 Å². The number of ether oxygens (including phenoxy) is 1. The summed E-state index contributed by atoms with van der Waals surface area (Å²) in [5.41, 5.74) is 1.32. The lowest BCUT2D eigenvalue weighted by Crippen LogP contribution is -2.28. The predicted molar refractivity (Wildman–Crippen MR) is 69.4 cm³/mol. The molecule has 0 unspecified atom stereocenters. The van der Waals surface area contributed by atoms with Gasteiger partial charge in [0.1, 0.15) is 12.4 Å². The lowest BCUT2D eigenvalue weighted by atomic mass is 10.2. The van der Waals surface area contributed by atoms with Gasteiger partial charge >= 0.3 is 0 Å². The van der Waals surface area contributed by atoms with E-state index < -0.39 is 0 Å². The maximum atomic E-state index is 12.4. The third-order valence-corrected chi connectivity index (χ3v) is 3.12. The van der Waals surface area contributed by atoms with Crippen LogP contribution in [0.5, 0.6) is 5.88 Å². The molecule has 0 fully saturated rings. The summed E-state index contributed by atoms with van der Waals surface area (Å²) in [4.78, 5) is 18.1. The first kappa shape index (κ1) is 11.7. The van der Waals surface area contributed by atoms with Crippen LogP contribution < -0.4 is 9.64 Å². The molecule has 0 aliphatic carbocycles. The van der Waals surface area contributed by atoms with Gasteiger partial charge in [-0.25, -0.2) is 9.67 Å². The Morgan fingerprint density at radius 1 is 1.53 bits per heavy atom. The molecule has 0 N–H and O–H groups in total. The second-order valence-corrected chi connectivity index (χ2v) is 4.45. The van der Waals surface area contributed by atoms with Crippen LogP contribution in [0.1, 0.15) is 16.1 Å². The highest BCUT2D eigenvalue weighted by Crippen LogP contribution is 2.21. The number of hydrogen-bond acceptors (Lipinski definition) is 4. The summed E-state index contributed by atoms with van der Waals surface area (Å²) in [5.74, 6) is 1.10. The Morgan fingerprint density at radius 2 is 2.37 bits per heavy atom. The van der Waals surface area contributed by atoms with Gasteiger partial charge in [0.2, 0.25) is 5.88 Å². The molecule has 6 heteroatoms. The minimum Gasteiger partial charge on any atom is -0.476 e. The second kappa shape index (κ2) is 4.38. The zero-order chi connectivity index (χ0) is 13.4. The lowest BCUT2D eigenvalue weighted by Gasteiger charge is -2.16. The van der Waals surface area contributed by atoms with Crippen molar-refractivity contribution >= 4 is 11.7 Å². The molecule has 0 bridgehead atoms. The van der Waals surface area contributed by atoms with E-state index in [1.54, 1.807) is 24.0 Å². The van der Waals surface area contributed by atoms with Crippen molar-refractivity contribution < 1.29 is 9.53 Å². The Balaban J connectivity index is 1.89. The average Bonchev–Trinajstić information content (AvgIpc) is 2.98. The second-order valence-electron chi connectivity index (χ2n) is 4.45. The summed E-state index contributed by atoms with van der Waals surface area (Å²) in [7, 11) is 1.70. The summed E-state index contributed by atoms with van der Waals surface area (Å²) < 4.78 is 7.05. The molecular weight excluding hydrogens is 244 g/mol. The average molecular weight is 258 g/mol. The van der Waals surface area contributed by atoms with Crippen LogP contribution in [0.3, 0.4) is 0 Å². The monoisotopic (exact) mass is 258 g/mol. The molecule has 0 spiro atoms. The lowest BCUT2D eigenvalue weighted by molar-refractivity contribution is 0.0986. The van der Waals surface area contributed by atoms with Crippen molar-refractivity contribution in [3.63, 3.8) is 0 Å². The summed E-state index contributed by atoms with van der Waals surface area (Å²) in [6.07, 6.45) is 1.67. The first-order valence-corrected chi connectivity index (χ1v) is 6.07. The highest BCUT2D eigenvalue weighted by molar-refractivity contribution is 6.04. The number of anilines is 1. The third kappa shape index (κ3) is 1.95. The fraction of sp³-hybridized carbons (Fsp3) is 0.308. The topological polar surface area (TPSA) is 60.2 Å². The molecule has 3 rings (SSSR count). The molecule has 0 radical (unpaired) electrons. The van der Waals surface area contributed by atoms with Crippen molar-refractivity contribution in [3.05, 3.63) is 35.7 Å². The van der Waals surface area contributed by atoms with Gasteiger partial charge in [0.15, 0.2) is 5.69 Å². The van der Waals surface area contributed by atoms with Crippen LogP contribution in [0.2, 0.25) is 0 Å². The van der Waals surface area contributed by atoms with Crippen molar-refractivity contribution in [1.29, 1.82) is 0 Å². The Kier molecular flexibility index (Phi) is 2.70. The van der Waals surface area contributed by atoms with Crippen LogP contribution in [-0.4, -0.2) is 34.3 Å². The molecule has 1 aliphatic heterocycles. The quantitative estimate of drug-likeness (QED) is 0.813. The number of aromatic nitrogens is 3. The van der Waals surface area contributed by atoms with Gasteiger partial charge in [0.05, 0.1) is 6.54 Å². The number of carbonyl (C=O) groups is 1. The molecule has 1 aliphatic rings. The number of fused-ring (bicyclic) bond motifs is 1. The molecule has 0 saturated carbocycles. The maximum absolute atomic E-state index is 12.4. The normalized spacial score (nSPS) is 12.9. The third-order valence-electron chi connectivity index (χ3n) is 3.12. The van der Waals surface area contributed by atoms with Crippen LogP contribution in [0.4, 0.5) is 5.82 Å². The molecule has 6 nitrogen and oxygen atoms in total. The van der Waals surface area contributed by atoms with Crippen LogP contribution in [-0.2, 0) is 6.54 Å². The van der Waals surface area contributed by atoms with Crippen LogP contribution in [0.25, 0.3) is 0 Å². The van der Waals surface area contributed by atoms with Crippen LogP contribution in [0.15, 0.2) is 24.4 Å². The van der Waals surface area contributed by atoms with Crippen molar-refractivity contribution in [2.75, 3.05) is 18.6 Å². The van der Waals surface area contributed by atoms with E-state index >= 15 is 0 Å². The van der Waals surface area contributed by atoms with E-state index in [9.17, 15) is 4.79 Å². The molecule has 2 aromatic rings. The number of hydrogen-bond donors (Lipinski definition) is 0. The van der Waals surface area contributed by atoms with Crippen LogP contribution >= 0.6 is 0 Å². The number of nitrogens with zero attached hydrogens (tertiary/aromatic N) is 4. The Labute approximate surface area is 110 Å². The van der Waals surface area contributed by atoms with Crippen molar-refractivity contribution in [1.82, 2.24) is 14.8 Å². The molecule has 2 aromatic heterocycles. The smallest absolute Gasteiger partial charge is 0.279 e. The van der Waals surface area contributed by atoms with Gasteiger partial charge in [-0.2, -0.15) is 5.10 Å². The maximum Gasteiger partial charge on any atom is 0.279 e. The fourth-order valence-corrected chi connectivity index (χ4v) is 2.11. The molecule has 0 saturated heterocycles. The molecule has 98 valence electrons. The van der Waals surface area contributed by atoms with E-state index in [0.717, 1.165) is 5.56 Å². The molecule has 0 aromatic carbocycles. The van der Waals surface area contributed by atoms with Crippen molar-refractivity contribution in [2.24, 2.45) is 0 Å². The number of aryl methyl sites for hydroxylation is 1. The minimum atomic E-state index is -0.188. The van der Waals surface area contributed by atoms with Gasteiger partial charge in [0.25, 0.3) is 5.91 Å². The predicted octanol–water partition coefficient (Wildman–Crippen LogP) is 1.26. The largest absolute Gasteiger partial charge is 0.476 e. The van der Waals surface area contributed by atoms with E-state index in [2.05, 4.69) is 10.1 Å². The van der Waals surface area contributed by atoms with E-state index in [1.807, 2.05) is 19.1 Å². The molecule has 0 atom stereocenters. The highest BCUT2D eigenvalue weighted by atomic mass is 16.5.